The fourth-order valence-corrected chi connectivity index (χ4v) is 4.47. The Labute approximate surface area is 119 Å². The SMILES string of the molecule is CCCNC(CSC1CCCCC1)C(C)CCC. The maximum absolute atomic E-state index is 3.77. The van der Waals surface area contributed by atoms with Crippen molar-refractivity contribution in [3.63, 3.8) is 0 Å². The molecule has 0 spiro atoms. The molecule has 1 fully saturated rings. The van der Waals surface area contributed by atoms with Gasteiger partial charge in [-0.3, -0.25) is 0 Å². The van der Waals surface area contributed by atoms with Crippen LogP contribution in [0.15, 0.2) is 0 Å². The van der Waals surface area contributed by atoms with Crippen molar-refractivity contribution in [3.8, 4) is 0 Å². The van der Waals surface area contributed by atoms with Gasteiger partial charge in [-0.05, 0) is 38.1 Å². The molecule has 0 amide bonds. The summed E-state index contributed by atoms with van der Waals surface area (Å²) in [5.74, 6) is 2.16. The zero-order chi connectivity index (χ0) is 13.2. The van der Waals surface area contributed by atoms with Crippen molar-refractivity contribution in [1.29, 1.82) is 0 Å². The third-order valence-corrected chi connectivity index (χ3v) is 5.65. The van der Waals surface area contributed by atoms with Gasteiger partial charge in [0.2, 0.25) is 0 Å². The minimum atomic E-state index is 0.733. The van der Waals surface area contributed by atoms with E-state index in [1.165, 1.54) is 63.7 Å². The van der Waals surface area contributed by atoms with E-state index in [1.54, 1.807) is 0 Å². The molecule has 1 nitrogen and oxygen atoms in total. The molecule has 1 rings (SSSR count). The second kappa shape index (κ2) is 10.1. The van der Waals surface area contributed by atoms with Gasteiger partial charge in [-0.1, -0.05) is 46.5 Å². The highest BCUT2D eigenvalue weighted by Gasteiger charge is 2.19. The Morgan fingerprint density at radius 3 is 2.44 bits per heavy atom. The highest BCUT2D eigenvalue weighted by molar-refractivity contribution is 7.99. The zero-order valence-corrected chi connectivity index (χ0v) is 13.5. The molecule has 0 saturated heterocycles. The van der Waals surface area contributed by atoms with Gasteiger partial charge in [0.1, 0.15) is 0 Å². The molecular weight excluding hydrogens is 238 g/mol. The van der Waals surface area contributed by atoms with Crippen molar-refractivity contribution in [2.45, 2.75) is 83.4 Å². The van der Waals surface area contributed by atoms with Crippen LogP contribution < -0.4 is 5.32 Å². The van der Waals surface area contributed by atoms with E-state index in [0.29, 0.717) is 0 Å². The lowest BCUT2D eigenvalue weighted by atomic mass is 9.98. The molecule has 0 aromatic heterocycles. The summed E-state index contributed by atoms with van der Waals surface area (Å²) >= 11 is 2.25. The van der Waals surface area contributed by atoms with Gasteiger partial charge < -0.3 is 5.32 Å². The van der Waals surface area contributed by atoms with Crippen LogP contribution in [0.5, 0.6) is 0 Å². The second-order valence-corrected chi connectivity index (χ2v) is 7.25. The van der Waals surface area contributed by atoms with E-state index in [1.807, 2.05) is 0 Å². The first-order valence-corrected chi connectivity index (χ1v) is 9.17. The zero-order valence-electron chi connectivity index (χ0n) is 12.7. The first-order valence-electron chi connectivity index (χ1n) is 8.12. The van der Waals surface area contributed by atoms with Crippen LogP contribution in [-0.4, -0.2) is 23.6 Å². The summed E-state index contributed by atoms with van der Waals surface area (Å²) in [6, 6.07) is 0.733. The average Bonchev–Trinajstić information content (AvgIpc) is 2.40. The fraction of sp³-hybridized carbons (Fsp3) is 1.00. The minimum Gasteiger partial charge on any atom is -0.313 e. The standard InChI is InChI=1S/C16H33NS/c1-4-9-14(3)16(17-12-5-2)13-18-15-10-7-6-8-11-15/h14-17H,4-13H2,1-3H3. The van der Waals surface area contributed by atoms with E-state index in [9.17, 15) is 0 Å². The summed E-state index contributed by atoms with van der Waals surface area (Å²) in [7, 11) is 0. The lowest BCUT2D eigenvalue weighted by Crippen LogP contribution is -2.38. The Balaban J connectivity index is 2.29. The number of nitrogens with one attached hydrogen (secondary N) is 1. The van der Waals surface area contributed by atoms with Gasteiger partial charge >= 0.3 is 0 Å². The topological polar surface area (TPSA) is 12.0 Å². The lowest BCUT2D eigenvalue weighted by molar-refractivity contribution is 0.381. The molecule has 1 aliphatic carbocycles. The predicted molar refractivity (Wildman–Crippen MR) is 85.5 cm³/mol. The molecule has 0 aromatic carbocycles. The molecule has 1 saturated carbocycles. The molecule has 1 aliphatic rings. The lowest BCUT2D eigenvalue weighted by Gasteiger charge is -2.28. The van der Waals surface area contributed by atoms with E-state index in [2.05, 4.69) is 37.8 Å². The van der Waals surface area contributed by atoms with Gasteiger partial charge in [0.25, 0.3) is 0 Å². The number of rotatable bonds is 9. The van der Waals surface area contributed by atoms with Gasteiger partial charge in [-0.15, -0.1) is 0 Å². The van der Waals surface area contributed by atoms with Crippen LogP contribution in [-0.2, 0) is 0 Å². The molecule has 2 atom stereocenters. The van der Waals surface area contributed by atoms with Crippen molar-refractivity contribution in [2.75, 3.05) is 12.3 Å². The number of hydrogen-bond donors (Lipinski definition) is 1. The van der Waals surface area contributed by atoms with E-state index in [4.69, 9.17) is 0 Å². The third-order valence-electron chi connectivity index (χ3n) is 4.15. The van der Waals surface area contributed by atoms with Crippen LogP contribution in [0.3, 0.4) is 0 Å². The molecule has 0 aromatic rings. The Morgan fingerprint density at radius 1 is 1.11 bits per heavy atom. The molecule has 2 heteroatoms. The Hall–Kier alpha value is 0.310. The third kappa shape index (κ3) is 6.47. The molecule has 2 unspecified atom stereocenters. The van der Waals surface area contributed by atoms with E-state index in [-0.39, 0.29) is 0 Å². The maximum atomic E-state index is 3.77. The summed E-state index contributed by atoms with van der Waals surface area (Å²) in [5, 5.41) is 4.73. The molecule has 0 heterocycles. The fourth-order valence-electron chi connectivity index (χ4n) is 2.88. The molecule has 1 N–H and O–H groups in total. The van der Waals surface area contributed by atoms with Crippen LogP contribution >= 0.6 is 11.8 Å². The first-order chi connectivity index (χ1) is 8.77. The smallest absolute Gasteiger partial charge is 0.0183 e. The summed E-state index contributed by atoms with van der Waals surface area (Å²) in [6.07, 6.45) is 11.3. The van der Waals surface area contributed by atoms with Crippen molar-refractivity contribution in [2.24, 2.45) is 5.92 Å². The van der Waals surface area contributed by atoms with Gasteiger partial charge in [0.05, 0.1) is 0 Å². The number of thioether (sulfide) groups is 1. The molecule has 0 bridgehead atoms. The van der Waals surface area contributed by atoms with Crippen molar-refractivity contribution >= 4 is 11.8 Å². The molecule has 0 aliphatic heterocycles. The van der Waals surface area contributed by atoms with Crippen molar-refractivity contribution in [3.05, 3.63) is 0 Å². The molecule has 0 radical (unpaired) electrons. The van der Waals surface area contributed by atoms with Crippen LogP contribution in [0.2, 0.25) is 0 Å². The largest absolute Gasteiger partial charge is 0.313 e. The highest BCUT2D eigenvalue weighted by Crippen LogP contribution is 2.29. The van der Waals surface area contributed by atoms with Crippen LogP contribution in [0.4, 0.5) is 0 Å². The second-order valence-electron chi connectivity index (χ2n) is 5.92. The Bertz CT molecular complexity index is 190. The maximum Gasteiger partial charge on any atom is 0.0183 e. The van der Waals surface area contributed by atoms with Crippen molar-refractivity contribution in [1.82, 2.24) is 5.32 Å². The van der Waals surface area contributed by atoms with E-state index in [0.717, 1.165) is 17.2 Å². The summed E-state index contributed by atoms with van der Waals surface area (Å²) < 4.78 is 0. The summed E-state index contributed by atoms with van der Waals surface area (Å²) in [6.45, 7) is 8.19. The van der Waals surface area contributed by atoms with Crippen LogP contribution in [0.25, 0.3) is 0 Å². The van der Waals surface area contributed by atoms with Crippen LogP contribution in [0, 0.1) is 5.92 Å². The van der Waals surface area contributed by atoms with E-state index >= 15 is 0 Å². The van der Waals surface area contributed by atoms with Gasteiger partial charge in [0, 0.05) is 17.0 Å². The monoisotopic (exact) mass is 271 g/mol. The predicted octanol–water partition coefficient (Wildman–Crippen LogP) is 4.86. The molecule has 108 valence electrons. The highest BCUT2D eigenvalue weighted by atomic mass is 32.2. The number of hydrogen-bond acceptors (Lipinski definition) is 2. The Morgan fingerprint density at radius 2 is 1.83 bits per heavy atom. The normalized spacial score (nSPS) is 20.8. The average molecular weight is 272 g/mol. The molecular formula is C16H33NS. The van der Waals surface area contributed by atoms with Gasteiger partial charge in [0.15, 0.2) is 0 Å². The molecule has 18 heavy (non-hydrogen) atoms. The van der Waals surface area contributed by atoms with Crippen molar-refractivity contribution < 1.29 is 0 Å². The first kappa shape index (κ1) is 16.4. The minimum absolute atomic E-state index is 0.733. The Kier molecular flexibility index (Phi) is 9.22. The van der Waals surface area contributed by atoms with Gasteiger partial charge in [-0.25, -0.2) is 0 Å². The van der Waals surface area contributed by atoms with Crippen LogP contribution in [0.1, 0.15) is 72.1 Å². The van der Waals surface area contributed by atoms with Gasteiger partial charge in [-0.2, -0.15) is 11.8 Å². The summed E-state index contributed by atoms with van der Waals surface area (Å²) in [4.78, 5) is 0. The summed E-state index contributed by atoms with van der Waals surface area (Å²) in [5.41, 5.74) is 0. The quantitative estimate of drug-likeness (QED) is 0.643. The van der Waals surface area contributed by atoms with E-state index < -0.39 is 0 Å².